The maximum Gasteiger partial charge on any atom is 0.269 e. The number of likely N-dealkylation sites (N-methyl/N-ethyl adjacent to an activating group) is 1. The molecule has 0 saturated heterocycles. The molecule has 0 aliphatic rings. The first-order valence-corrected chi connectivity index (χ1v) is 10.1. The standard InChI is InChI=1S/C21H22N4O3S/c1-15-5-4-6-18-20(15)22-21(29-18)24(14-13-23(2)3)19(26)12-9-16-7-10-17(11-8-16)25(27)28/h4-12H,13-14H2,1-3H3/p+1/b12-9-. The minimum atomic E-state index is -0.445. The first-order valence-electron chi connectivity index (χ1n) is 9.24. The van der Waals surface area contributed by atoms with Gasteiger partial charge in [0.25, 0.3) is 11.6 Å². The summed E-state index contributed by atoms with van der Waals surface area (Å²) in [4.78, 5) is 30.9. The van der Waals surface area contributed by atoms with Crippen molar-refractivity contribution in [2.75, 3.05) is 32.1 Å². The van der Waals surface area contributed by atoms with Gasteiger partial charge in [-0.05, 0) is 42.3 Å². The van der Waals surface area contributed by atoms with E-state index < -0.39 is 4.92 Å². The summed E-state index contributed by atoms with van der Waals surface area (Å²) in [6.45, 7) is 3.34. The van der Waals surface area contributed by atoms with Gasteiger partial charge in [-0.15, -0.1) is 0 Å². The van der Waals surface area contributed by atoms with E-state index in [-0.39, 0.29) is 11.6 Å². The lowest BCUT2D eigenvalue weighted by atomic mass is 10.2. The molecule has 8 heteroatoms. The monoisotopic (exact) mass is 411 g/mol. The molecule has 3 aromatic rings. The fourth-order valence-electron chi connectivity index (χ4n) is 2.79. The van der Waals surface area contributed by atoms with Crippen molar-refractivity contribution < 1.29 is 14.6 Å². The van der Waals surface area contributed by atoms with Crippen LogP contribution in [-0.2, 0) is 4.79 Å². The molecule has 0 radical (unpaired) electrons. The third-order valence-corrected chi connectivity index (χ3v) is 5.51. The number of aromatic nitrogens is 1. The van der Waals surface area contributed by atoms with Crippen molar-refractivity contribution in [1.82, 2.24) is 4.98 Å². The number of nitro groups is 1. The van der Waals surface area contributed by atoms with E-state index in [0.717, 1.165) is 27.9 Å². The Morgan fingerprint density at radius 1 is 1.24 bits per heavy atom. The van der Waals surface area contributed by atoms with E-state index in [1.165, 1.54) is 34.4 Å². The van der Waals surface area contributed by atoms with E-state index in [1.54, 1.807) is 23.1 Å². The van der Waals surface area contributed by atoms with E-state index in [0.29, 0.717) is 11.7 Å². The van der Waals surface area contributed by atoms with Crippen molar-refractivity contribution in [1.29, 1.82) is 0 Å². The van der Waals surface area contributed by atoms with Crippen molar-refractivity contribution in [3.05, 3.63) is 69.8 Å². The topological polar surface area (TPSA) is 80.8 Å². The number of hydrogen-bond donors (Lipinski definition) is 1. The molecule has 0 atom stereocenters. The Bertz CT molecular complexity index is 1060. The van der Waals surface area contributed by atoms with Crippen LogP contribution in [0.1, 0.15) is 11.1 Å². The van der Waals surface area contributed by atoms with Gasteiger partial charge in [-0.2, -0.15) is 0 Å². The number of quaternary nitrogens is 1. The summed E-state index contributed by atoms with van der Waals surface area (Å²) in [5.41, 5.74) is 2.75. The molecule has 0 fully saturated rings. The summed E-state index contributed by atoms with van der Waals surface area (Å²) in [6.07, 6.45) is 3.16. The zero-order valence-electron chi connectivity index (χ0n) is 16.6. The highest BCUT2D eigenvalue weighted by molar-refractivity contribution is 7.22. The van der Waals surface area contributed by atoms with Gasteiger partial charge in [0.1, 0.15) is 0 Å². The molecular formula is C21H23N4O3S+. The lowest BCUT2D eigenvalue weighted by molar-refractivity contribution is -0.856. The minimum Gasteiger partial charge on any atom is -0.338 e. The number of amides is 1. The SMILES string of the molecule is Cc1cccc2sc(N(CC[NH+](C)C)C(=O)/C=C\c3ccc([N+](=O)[O-])cc3)nc12. The molecule has 150 valence electrons. The van der Waals surface area contributed by atoms with Crippen LogP contribution < -0.4 is 9.80 Å². The number of anilines is 1. The number of nitro benzene ring substituents is 1. The predicted octanol–water partition coefficient (Wildman–Crippen LogP) is 2.70. The number of nitrogens with zero attached hydrogens (tertiary/aromatic N) is 3. The number of non-ortho nitro benzene ring substituents is 1. The third kappa shape index (κ3) is 5.04. The molecule has 0 aliphatic heterocycles. The third-order valence-electron chi connectivity index (χ3n) is 4.46. The number of para-hydroxylation sites is 1. The van der Waals surface area contributed by atoms with Gasteiger partial charge in [0.05, 0.1) is 42.3 Å². The van der Waals surface area contributed by atoms with Gasteiger partial charge in [-0.3, -0.25) is 19.8 Å². The number of nitrogens with one attached hydrogen (secondary N) is 1. The lowest BCUT2D eigenvalue weighted by Gasteiger charge is -2.19. The van der Waals surface area contributed by atoms with Crippen molar-refractivity contribution in [2.24, 2.45) is 0 Å². The maximum atomic E-state index is 13.0. The van der Waals surface area contributed by atoms with Gasteiger partial charge in [-0.25, -0.2) is 4.98 Å². The van der Waals surface area contributed by atoms with Crippen molar-refractivity contribution in [3.8, 4) is 0 Å². The molecule has 7 nitrogen and oxygen atoms in total. The summed E-state index contributed by atoms with van der Waals surface area (Å²) in [7, 11) is 4.08. The Kier molecular flexibility index (Phi) is 6.36. The zero-order chi connectivity index (χ0) is 21.0. The van der Waals surface area contributed by atoms with Crippen LogP contribution in [0.5, 0.6) is 0 Å². The second-order valence-electron chi connectivity index (χ2n) is 7.05. The molecule has 0 unspecified atom stereocenters. The summed E-state index contributed by atoms with van der Waals surface area (Å²) in [5.74, 6) is -0.165. The normalized spacial score (nSPS) is 11.4. The molecule has 1 amide bonds. The lowest BCUT2D eigenvalue weighted by Crippen LogP contribution is -3.06. The quantitative estimate of drug-likeness (QED) is 0.368. The van der Waals surface area contributed by atoms with Gasteiger partial charge in [0, 0.05) is 18.2 Å². The summed E-state index contributed by atoms with van der Waals surface area (Å²) in [5, 5.41) is 11.4. The highest BCUT2D eigenvalue weighted by Gasteiger charge is 2.19. The average molecular weight is 412 g/mol. The van der Waals surface area contributed by atoms with Gasteiger partial charge in [-0.1, -0.05) is 23.5 Å². The first kappa shape index (κ1) is 20.6. The molecule has 29 heavy (non-hydrogen) atoms. The molecule has 0 spiro atoms. The average Bonchev–Trinajstić information content (AvgIpc) is 3.12. The molecular weight excluding hydrogens is 388 g/mol. The number of thiazole rings is 1. The van der Waals surface area contributed by atoms with Crippen molar-refractivity contribution in [2.45, 2.75) is 6.92 Å². The van der Waals surface area contributed by atoms with E-state index in [4.69, 9.17) is 4.98 Å². The maximum absolute atomic E-state index is 13.0. The Labute approximate surface area is 173 Å². The van der Waals surface area contributed by atoms with E-state index >= 15 is 0 Å². The van der Waals surface area contributed by atoms with Crippen LogP contribution in [-0.4, -0.2) is 43.0 Å². The molecule has 1 heterocycles. The van der Waals surface area contributed by atoms with E-state index in [9.17, 15) is 14.9 Å². The molecule has 1 N–H and O–H groups in total. The summed E-state index contributed by atoms with van der Waals surface area (Å²) >= 11 is 1.50. The highest BCUT2D eigenvalue weighted by Crippen LogP contribution is 2.30. The predicted molar refractivity (Wildman–Crippen MR) is 117 cm³/mol. The molecule has 3 rings (SSSR count). The number of carbonyl (C=O) groups excluding carboxylic acids is 1. The second kappa shape index (κ2) is 8.93. The molecule has 0 bridgehead atoms. The second-order valence-corrected chi connectivity index (χ2v) is 8.06. The van der Waals surface area contributed by atoms with Crippen LogP contribution in [0.2, 0.25) is 0 Å². The first-order chi connectivity index (χ1) is 13.8. The van der Waals surface area contributed by atoms with E-state index in [1.807, 2.05) is 39.2 Å². The van der Waals surface area contributed by atoms with Gasteiger partial charge in [0.2, 0.25) is 0 Å². The van der Waals surface area contributed by atoms with Crippen LogP contribution in [0.4, 0.5) is 10.8 Å². The van der Waals surface area contributed by atoms with Gasteiger partial charge >= 0.3 is 0 Å². The summed E-state index contributed by atoms with van der Waals surface area (Å²) < 4.78 is 1.05. The number of benzene rings is 2. The van der Waals surface area contributed by atoms with Crippen LogP contribution >= 0.6 is 11.3 Å². The van der Waals surface area contributed by atoms with E-state index in [2.05, 4.69) is 0 Å². The molecule has 0 aliphatic carbocycles. The summed E-state index contributed by atoms with van der Waals surface area (Å²) in [6, 6.07) is 12.1. The van der Waals surface area contributed by atoms with Crippen LogP contribution in [0, 0.1) is 17.0 Å². The largest absolute Gasteiger partial charge is 0.338 e. The minimum absolute atomic E-state index is 0.0221. The Hall–Kier alpha value is -3.10. The fourth-order valence-corrected chi connectivity index (χ4v) is 3.87. The number of carbonyl (C=O) groups is 1. The number of fused-ring (bicyclic) bond motifs is 1. The smallest absolute Gasteiger partial charge is 0.269 e. The Morgan fingerprint density at radius 2 is 1.97 bits per heavy atom. The number of aryl methyl sites for hydroxylation is 1. The van der Waals surface area contributed by atoms with Crippen LogP contribution in [0.25, 0.3) is 16.3 Å². The number of rotatable bonds is 7. The Morgan fingerprint density at radius 3 is 2.59 bits per heavy atom. The number of hydrogen-bond acceptors (Lipinski definition) is 5. The van der Waals surface area contributed by atoms with Crippen molar-refractivity contribution in [3.63, 3.8) is 0 Å². The van der Waals surface area contributed by atoms with Crippen molar-refractivity contribution >= 4 is 44.4 Å². The van der Waals surface area contributed by atoms with Gasteiger partial charge < -0.3 is 4.90 Å². The van der Waals surface area contributed by atoms with Crippen LogP contribution in [0.15, 0.2) is 48.5 Å². The van der Waals surface area contributed by atoms with Crippen LogP contribution in [0.3, 0.4) is 0 Å². The molecule has 2 aromatic carbocycles. The molecule has 0 saturated carbocycles. The van der Waals surface area contributed by atoms with Gasteiger partial charge in [0.15, 0.2) is 5.13 Å². The zero-order valence-corrected chi connectivity index (χ0v) is 17.4. The Balaban J connectivity index is 1.85. The fraction of sp³-hybridized carbons (Fsp3) is 0.238. The molecule has 1 aromatic heterocycles. The highest BCUT2D eigenvalue weighted by atomic mass is 32.1.